The molecule has 0 radical (unpaired) electrons. The maximum atomic E-state index is 13.9. The molecule has 3 saturated carbocycles. The van der Waals surface area contributed by atoms with Crippen LogP contribution in [-0.4, -0.2) is 53.6 Å². The number of aliphatic hydroxyl groups is 2. The van der Waals surface area contributed by atoms with E-state index in [1.807, 2.05) is 18.2 Å². The molecule has 9 atom stereocenters. The summed E-state index contributed by atoms with van der Waals surface area (Å²) in [7, 11) is 0. The first-order chi connectivity index (χ1) is 22.2. The van der Waals surface area contributed by atoms with Crippen LogP contribution in [0.2, 0.25) is 0 Å². The van der Waals surface area contributed by atoms with Gasteiger partial charge in [-0.2, -0.15) is 0 Å². The summed E-state index contributed by atoms with van der Waals surface area (Å²) in [6.45, 7) is 4.92. The number of anilines is 1. The predicted molar refractivity (Wildman–Crippen MR) is 175 cm³/mol. The summed E-state index contributed by atoms with van der Waals surface area (Å²) >= 11 is 0. The lowest BCUT2D eigenvalue weighted by atomic mass is 9.46. The monoisotopic (exact) mass is 625 g/mol. The van der Waals surface area contributed by atoms with Crippen molar-refractivity contribution in [1.82, 2.24) is 0 Å². The third-order valence-corrected chi connectivity index (χ3v) is 13.1. The van der Waals surface area contributed by atoms with Crippen molar-refractivity contribution in [3.63, 3.8) is 0 Å². The third kappa shape index (κ3) is 4.31. The second kappa shape index (κ2) is 11.1. The highest BCUT2D eigenvalue weighted by molar-refractivity contribution is 5.91. The number of hydrogen-bond acceptors (Lipinski definition) is 7. The van der Waals surface area contributed by atoms with Crippen molar-refractivity contribution in [2.75, 3.05) is 25.6 Å². The Kier molecular flexibility index (Phi) is 7.39. The zero-order chi connectivity index (χ0) is 31.8. The van der Waals surface area contributed by atoms with Gasteiger partial charge in [0.1, 0.15) is 6.61 Å². The molecule has 4 fully saturated rings. The highest BCUT2D eigenvalue weighted by Gasteiger charge is 2.75. The average Bonchev–Trinajstić information content (AvgIpc) is 3.74. The fourth-order valence-corrected chi connectivity index (χ4v) is 11.0. The van der Waals surface area contributed by atoms with Crippen molar-refractivity contribution in [3.8, 4) is 0 Å². The number of carbonyl (C=O) groups excluding carboxylic acids is 1. The topological polar surface area (TPSA) is 111 Å². The minimum atomic E-state index is -1.31. The molecule has 1 saturated heterocycles. The van der Waals surface area contributed by atoms with E-state index < -0.39 is 36.1 Å². The van der Waals surface area contributed by atoms with E-state index in [1.54, 1.807) is 0 Å². The molecule has 244 valence electrons. The molecule has 7 heteroatoms. The van der Waals surface area contributed by atoms with Crippen molar-refractivity contribution >= 4 is 11.5 Å². The van der Waals surface area contributed by atoms with Crippen LogP contribution < -0.4 is 5.73 Å². The van der Waals surface area contributed by atoms with E-state index in [9.17, 15) is 15.0 Å². The van der Waals surface area contributed by atoms with Gasteiger partial charge in [-0.05, 0) is 91.5 Å². The van der Waals surface area contributed by atoms with Gasteiger partial charge in [-0.3, -0.25) is 4.79 Å². The molecule has 0 amide bonds. The summed E-state index contributed by atoms with van der Waals surface area (Å²) in [5, 5.41) is 22.3. The summed E-state index contributed by atoms with van der Waals surface area (Å²) in [6.07, 6.45) is 11.8. The summed E-state index contributed by atoms with van der Waals surface area (Å²) < 4.78 is 19.2. The first-order valence-electron chi connectivity index (χ1n) is 17.3. The number of Topliss-reactive ketones (excluding diaryl/α,β-unsaturated/α-hetero) is 1. The molecule has 0 aromatic heterocycles. The molecular weight excluding hydrogens is 578 g/mol. The van der Waals surface area contributed by atoms with Crippen LogP contribution in [0.15, 0.2) is 60.2 Å². The summed E-state index contributed by atoms with van der Waals surface area (Å²) in [6, 6.07) is 12.5. The van der Waals surface area contributed by atoms with E-state index in [4.69, 9.17) is 19.9 Å². The molecule has 0 bridgehead atoms. The normalized spacial score (nSPS) is 41.2. The van der Waals surface area contributed by atoms with Gasteiger partial charge in [0.05, 0.1) is 25.4 Å². The molecule has 2 heterocycles. The number of ketones is 1. The lowest BCUT2D eigenvalue weighted by molar-refractivity contribution is -0.201. The van der Waals surface area contributed by atoms with Crippen LogP contribution in [0.5, 0.6) is 0 Å². The largest absolute Gasteiger partial charge is 0.398 e. The summed E-state index contributed by atoms with van der Waals surface area (Å²) in [4.78, 5) is 13.9. The van der Waals surface area contributed by atoms with Gasteiger partial charge in [-0.15, -0.1) is 0 Å². The average molecular weight is 626 g/mol. The molecule has 4 aliphatic carbocycles. The number of allylic oxidation sites excluding steroid dienone is 2. The van der Waals surface area contributed by atoms with Gasteiger partial charge in [0.2, 0.25) is 0 Å². The van der Waals surface area contributed by atoms with Gasteiger partial charge in [-0.25, -0.2) is 0 Å². The third-order valence-electron chi connectivity index (χ3n) is 13.1. The van der Waals surface area contributed by atoms with Gasteiger partial charge >= 0.3 is 0 Å². The standard InChI is InChI=1S/C39H47NO6/c1-37-16-4-17-44-18-15-26(37)12-13-29-30-20-34-39(33(43)22-41,38(30,2)21-32(42)35(29)37)46-36(45-34)24-9-7-23(8-10-24)19-25-11-14-31(40)28-6-3-5-27(25)28/h4,7-11,14-16,29-30,32,34-36,41-42H,3,5-6,12-13,17-22,40H2,1-2H3/b16-4-,26-15-/t29-,30-,32-,34+,35+,36+,37-,38-,39+/m0/s1. The maximum Gasteiger partial charge on any atom is 0.193 e. The molecule has 0 spiro atoms. The Balaban J connectivity index is 1.07. The van der Waals surface area contributed by atoms with E-state index in [0.29, 0.717) is 26.1 Å². The van der Waals surface area contributed by atoms with Crippen molar-refractivity contribution < 1.29 is 29.2 Å². The maximum absolute atomic E-state index is 13.9. The molecule has 46 heavy (non-hydrogen) atoms. The number of ether oxygens (including phenoxy) is 3. The molecule has 6 aliphatic rings. The molecular formula is C39H47NO6. The van der Waals surface area contributed by atoms with Gasteiger partial charge in [-0.1, -0.05) is 68.0 Å². The van der Waals surface area contributed by atoms with Crippen LogP contribution in [0.4, 0.5) is 5.69 Å². The Morgan fingerprint density at radius 3 is 2.65 bits per heavy atom. The zero-order valence-corrected chi connectivity index (χ0v) is 27.0. The fraction of sp³-hybridized carbons (Fsp3) is 0.564. The van der Waals surface area contributed by atoms with E-state index in [-0.39, 0.29) is 29.0 Å². The number of aliphatic hydroxyl groups excluding tert-OH is 2. The van der Waals surface area contributed by atoms with Gasteiger partial charge in [0.25, 0.3) is 0 Å². The first-order valence-corrected chi connectivity index (χ1v) is 17.3. The van der Waals surface area contributed by atoms with Crippen LogP contribution in [0, 0.1) is 28.6 Å². The minimum absolute atomic E-state index is 0.0330. The molecule has 2 aromatic carbocycles. The van der Waals surface area contributed by atoms with E-state index in [1.165, 1.54) is 27.8 Å². The minimum Gasteiger partial charge on any atom is -0.398 e. The second-order valence-electron chi connectivity index (χ2n) is 15.1. The number of rotatable bonds is 5. The fourth-order valence-electron chi connectivity index (χ4n) is 11.0. The Morgan fingerprint density at radius 1 is 1.04 bits per heavy atom. The van der Waals surface area contributed by atoms with E-state index in [2.05, 4.69) is 50.3 Å². The lowest BCUT2D eigenvalue weighted by Gasteiger charge is -2.59. The molecule has 2 aromatic rings. The highest BCUT2D eigenvalue weighted by atomic mass is 16.7. The zero-order valence-electron chi connectivity index (χ0n) is 27.0. The molecule has 4 N–H and O–H groups in total. The van der Waals surface area contributed by atoms with E-state index in [0.717, 1.165) is 49.8 Å². The number of carbonyl (C=O) groups is 1. The second-order valence-corrected chi connectivity index (χ2v) is 15.1. The molecule has 0 unspecified atom stereocenters. The Bertz CT molecular complexity index is 1600. The summed E-state index contributed by atoms with van der Waals surface area (Å²) in [5.74, 6) is 0.0233. The number of hydrogen-bond donors (Lipinski definition) is 3. The van der Waals surface area contributed by atoms with Crippen LogP contribution in [0.25, 0.3) is 0 Å². The Labute approximate surface area is 271 Å². The smallest absolute Gasteiger partial charge is 0.193 e. The van der Waals surface area contributed by atoms with Gasteiger partial charge < -0.3 is 30.2 Å². The SMILES string of the molecule is C[C@]12/C=C\COC/C=C\1CC[C@@H]1[C@@H]2[C@@H](O)C[C@@]2(C)[C@H]1C[C@H]1O[C@@H](c3ccc(Cc4ccc(N)c5c4CCC5)cc3)O[C@]12C(=O)CO. The molecule has 2 aliphatic heterocycles. The van der Waals surface area contributed by atoms with Crippen molar-refractivity contribution in [2.24, 2.45) is 28.6 Å². The first kappa shape index (κ1) is 30.5. The van der Waals surface area contributed by atoms with Crippen molar-refractivity contribution in [1.29, 1.82) is 0 Å². The van der Waals surface area contributed by atoms with Crippen molar-refractivity contribution in [2.45, 2.75) is 89.3 Å². The number of nitrogen functional groups attached to an aromatic ring is 1. The quantitative estimate of drug-likeness (QED) is 0.302. The van der Waals surface area contributed by atoms with Crippen LogP contribution >= 0.6 is 0 Å². The van der Waals surface area contributed by atoms with Crippen LogP contribution in [0.1, 0.15) is 80.1 Å². The van der Waals surface area contributed by atoms with Gasteiger partial charge in [0, 0.05) is 28.0 Å². The van der Waals surface area contributed by atoms with Crippen LogP contribution in [-0.2, 0) is 38.3 Å². The molecule has 7 nitrogen and oxygen atoms in total. The number of nitrogens with two attached hydrogens (primary N) is 1. The van der Waals surface area contributed by atoms with Gasteiger partial charge in [0.15, 0.2) is 17.7 Å². The number of benzene rings is 2. The number of fused-ring (bicyclic) bond motifs is 8. The van der Waals surface area contributed by atoms with Crippen LogP contribution in [0.3, 0.4) is 0 Å². The van der Waals surface area contributed by atoms with Crippen molar-refractivity contribution in [3.05, 3.63) is 88.0 Å². The molecule has 8 rings (SSSR count). The Hall–Kier alpha value is -2.81. The summed E-state index contributed by atoms with van der Waals surface area (Å²) in [5.41, 5.74) is 12.4. The lowest BCUT2D eigenvalue weighted by Crippen LogP contribution is -2.63. The predicted octanol–water partition coefficient (Wildman–Crippen LogP) is 5.40. The Morgan fingerprint density at radius 2 is 1.85 bits per heavy atom. The highest BCUT2D eigenvalue weighted by Crippen LogP contribution is 2.70. The van der Waals surface area contributed by atoms with E-state index >= 15 is 0 Å².